The standard InChI is InChI=1S/C22H22ClFN2O2/c1-2-28-22(27)26-11-9-14(10-12-26)20-18-7-6-17(23)13-16(18)4-3-15-5-8-19(24)25-21(15)20/h5-8,13H,2-4,9-12H2,1H3. The normalized spacial score (nSPS) is 16.3. The smallest absolute Gasteiger partial charge is 0.409 e. The van der Waals surface area contributed by atoms with E-state index in [-0.39, 0.29) is 6.09 Å². The summed E-state index contributed by atoms with van der Waals surface area (Å²) in [4.78, 5) is 18.0. The van der Waals surface area contributed by atoms with Crippen molar-refractivity contribution in [1.29, 1.82) is 0 Å². The number of aryl methyl sites for hydroxylation is 2. The van der Waals surface area contributed by atoms with Gasteiger partial charge in [-0.05, 0) is 67.5 Å². The van der Waals surface area contributed by atoms with E-state index in [1.165, 1.54) is 11.6 Å². The topological polar surface area (TPSA) is 42.4 Å². The molecule has 1 aliphatic carbocycles. The summed E-state index contributed by atoms with van der Waals surface area (Å²) < 4.78 is 19.2. The predicted molar refractivity (Wildman–Crippen MR) is 107 cm³/mol. The molecule has 6 heteroatoms. The van der Waals surface area contributed by atoms with Crippen LogP contribution >= 0.6 is 11.6 Å². The van der Waals surface area contributed by atoms with Gasteiger partial charge in [0.25, 0.3) is 0 Å². The zero-order valence-electron chi connectivity index (χ0n) is 15.8. The second-order valence-corrected chi connectivity index (χ2v) is 7.54. The number of pyridine rings is 1. The van der Waals surface area contributed by atoms with Crippen LogP contribution in [0.25, 0.3) is 5.57 Å². The molecule has 4 rings (SSSR count). The minimum atomic E-state index is -0.474. The number of benzene rings is 1. The maximum Gasteiger partial charge on any atom is 0.409 e. The summed E-state index contributed by atoms with van der Waals surface area (Å²) in [5, 5.41) is 0.699. The van der Waals surface area contributed by atoms with Crippen LogP contribution in [-0.2, 0) is 17.6 Å². The lowest BCUT2D eigenvalue weighted by atomic mass is 9.88. The summed E-state index contributed by atoms with van der Waals surface area (Å²) in [6.07, 6.45) is 2.79. The van der Waals surface area contributed by atoms with E-state index in [2.05, 4.69) is 4.98 Å². The van der Waals surface area contributed by atoms with Gasteiger partial charge in [-0.15, -0.1) is 0 Å². The van der Waals surface area contributed by atoms with Gasteiger partial charge in [-0.3, -0.25) is 0 Å². The van der Waals surface area contributed by atoms with Crippen LogP contribution in [0.15, 0.2) is 35.9 Å². The lowest BCUT2D eigenvalue weighted by Crippen LogP contribution is -2.37. The third-order valence-corrected chi connectivity index (χ3v) is 5.66. The van der Waals surface area contributed by atoms with E-state index in [0.717, 1.165) is 40.8 Å². The molecule has 1 aliphatic heterocycles. The molecule has 0 saturated carbocycles. The van der Waals surface area contributed by atoms with Crippen molar-refractivity contribution in [3.63, 3.8) is 0 Å². The number of nitrogens with zero attached hydrogens (tertiary/aromatic N) is 2. The van der Waals surface area contributed by atoms with Crippen molar-refractivity contribution in [2.45, 2.75) is 32.6 Å². The Bertz CT molecular complexity index is 948. The second kappa shape index (κ2) is 7.92. The molecular weight excluding hydrogens is 379 g/mol. The van der Waals surface area contributed by atoms with E-state index in [9.17, 15) is 9.18 Å². The van der Waals surface area contributed by atoms with Crippen molar-refractivity contribution >= 4 is 23.3 Å². The largest absolute Gasteiger partial charge is 0.450 e. The first kappa shape index (κ1) is 18.9. The SMILES string of the molecule is CCOC(=O)N1CCC(=C2c3ccc(Cl)cc3CCc3ccc(F)nc32)CC1. The van der Waals surface area contributed by atoms with Crippen LogP contribution in [0.2, 0.25) is 5.02 Å². The lowest BCUT2D eigenvalue weighted by molar-refractivity contribution is 0.104. The van der Waals surface area contributed by atoms with Gasteiger partial charge in [0.2, 0.25) is 5.95 Å². The number of likely N-dealkylation sites (tertiary alicyclic amines) is 1. The van der Waals surface area contributed by atoms with Crippen molar-refractivity contribution < 1.29 is 13.9 Å². The van der Waals surface area contributed by atoms with Crippen LogP contribution in [-0.4, -0.2) is 35.7 Å². The molecule has 1 saturated heterocycles. The molecule has 146 valence electrons. The number of rotatable bonds is 1. The Morgan fingerprint density at radius 2 is 1.89 bits per heavy atom. The van der Waals surface area contributed by atoms with E-state index in [1.54, 1.807) is 11.8 Å². The molecule has 1 amide bonds. The summed E-state index contributed by atoms with van der Waals surface area (Å²) in [5.74, 6) is -0.474. The fourth-order valence-electron chi connectivity index (χ4n) is 4.07. The lowest BCUT2D eigenvalue weighted by Gasteiger charge is -2.29. The molecule has 28 heavy (non-hydrogen) atoms. The van der Waals surface area contributed by atoms with E-state index in [0.29, 0.717) is 37.6 Å². The number of carbonyl (C=O) groups excluding carboxylic acids is 1. The van der Waals surface area contributed by atoms with Crippen LogP contribution in [0, 0.1) is 5.95 Å². The molecule has 2 heterocycles. The van der Waals surface area contributed by atoms with Gasteiger partial charge in [0.05, 0.1) is 12.3 Å². The molecule has 2 aliphatic rings. The first-order chi connectivity index (χ1) is 13.6. The molecule has 0 spiro atoms. The molecule has 1 aromatic carbocycles. The van der Waals surface area contributed by atoms with Gasteiger partial charge in [0.1, 0.15) is 0 Å². The molecule has 1 aromatic heterocycles. The van der Waals surface area contributed by atoms with Gasteiger partial charge >= 0.3 is 6.09 Å². The Morgan fingerprint density at radius 3 is 2.64 bits per heavy atom. The molecule has 2 aromatic rings. The van der Waals surface area contributed by atoms with Gasteiger partial charge in [-0.1, -0.05) is 29.3 Å². The Kier molecular flexibility index (Phi) is 5.36. The van der Waals surface area contributed by atoms with E-state index in [4.69, 9.17) is 16.3 Å². The zero-order valence-corrected chi connectivity index (χ0v) is 16.6. The number of aromatic nitrogens is 1. The van der Waals surface area contributed by atoms with Crippen molar-refractivity contribution in [2.24, 2.45) is 0 Å². The Morgan fingerprint density at radius 1 is 1.14 bits per heavy atom. The van der Waals surface area contributed by atoms with Crippen molar-refractivity contribution in [3.8, 4) is 0 Å². The first-order valence-corrected chi connectivity index (χ1v) is 10.0. The summed E-state index contributed by atoms with van der Waals surface area (Å²) in [6, 6.07) is 9.14. The number of carbonyl (C=O) groups is 1. The van der Waals surface area contributed by atoms with Crippen LogP contribution < -0.4 is 0 Å². The number of piperidine rings is 1. The maximum atomic E-state index is 14.0. The molecule has 0 bridgehead atoms. The highest BCUT2D eigenvalue weighted by Gasteiger charge is 2.27. The summed E-state index contributed by atoms with van der Waals surface area (Å²) in [5.41, 5.74) is 6.19. The number of hydrogen-bond acceptors (Lipinski definition) is 3. The third-order valence-electron chi connectivity index (χ3n) is 5.43. The van der Waals surface area contributed by atoms with Gasteiger partial charge < -0.3 is 9.64 Å². The summed E-state index contributed by atoms with van der Waals surface area (Å²) in [7, 11) is 0. The van der Waals surface area contributed by atoms with E-state index >= 15 is 0 Å². The number of hydrogen-bond donors (Lipinski definition) is 0. The average Bonchev–Trinajstić information content (AvgIpc) is 2.84. The predicted octanol–water partition coefficient (Wildman–Crippen LogP) is 5.03. The van der Waals surface area contributed by atoms with Crippen LogP contribution in [0.4, 0.5) is 9.18 Å². The minimum absolute atomic E-state index is 0.274. The highest BCUT2D eigenvalue weighted by atomic mass is 35.5. The molecule has 0 unspecified atom stereocenters. The van der Waals surface area contributed by atoms with Crippen molar-refractivity contribution in [2.75, 3.05) is 19.7 Å². The Balaban J connectivity index is 1.78. The van der Waals surface area contributed by atoms with E-state index < -0.39 is 5.95 Å². The fraction of sp³-hybridized carbons (Fsp3) is 0.364. The molecular formula is C22H22ClFN2O2. The minimum Gasteiger partial charge on any atom is -0.450 e. The molecule has 0 radical (unpaired) electrons. The summed E-state index contributed by atoms with van der Waals surface area (Å²) >= 11 is 6.23. The van der Waals surface area contributed by atoms with Crippen molar-refractivity contribution in [1.82, 2.24) is 9.88 Å². The van der Waals surface area contributed by atoms with Gasteiger partial charge in [0, 0.05) is 23.7 Å². The number of ether oxygens (including phenoxy) is 1. The van der Waals surface area contributed by atoms with Gasteiger partial charge in [-0.25, -0.2) is 9.78 Å². The quantitative estimate of drug-likeness (QED) is 0.631. The van der Waals surface area contributed by atoms with Crippen LogP contribution in [0.1, 0.15) is 42.1 Å². The third kappa shape index (κ3) is 3.63. The first-order valence-electron chi connectivity index (χ1n) is 9.65. The van der Waals surface area contributed by atoms with E-state index in [1.807, 2.05) is 24.3 Å². The molecule has 1 fully saturated rings. The van der Waals surface area contributed by atoms with Crippen LogP contribution in [0.5, 0.6) is 0 Å². The average molecular weight is 401 g/mol. The fourth-order valence-corrected chi connectivity index (χ4v) is 4.27. The van der Waals surface area contributed by atoms with Crippen LogP contribution in [0.3, 0.4) is 0 Å². The second-order valence-electron chi connectivity index (χ2n) is 7.11. The number of amides is 1. The monoisotopic (exact) mass is 400 g/mol. The number of halogens is 2. The Hall–Kier alpha value is -2.40. The van der Waals surface area contributed by atoms with Crippen molar-refractivity contribution in [3.05, 3.63) is 69.3 Å². The Labute approximate surface area is 169 Å². The zero-order chi connectivity index (χ0) is 19.7. The highest BCUT2D eigenvalue weighted by Crippen LogP contribution is 2.38. The summed E-state index contributed by atoms with van der Waals surface area (Å²) in [6.45, 7) is 3.35. The number of fused-ring (bicyclic) bond motifs is 2. The maximum absolute atomic E-state index is 14.0. The molecule has 0 N–H and O–H groups in total. The molecule has 0 atom stereocenters. The van der Waals surface area contributed by atoms with Gasteiger partial charge in [0.15, 0.2) is 0 Å². The van der Waals surface area contributed by atoms with Gasteiger partial charge in [-0.2, -0.15) is 4.39 Å². The highest BCUT2D eigenvalue weighted by molar-refractivity contribution is 6.30. The molecule has 4 nitrogen and oxygen atoms in total.